The van der Waals surface area contributed by atoms with Crippen molar-refractivity contribution in [3.05, 3.63) is 77.5 Å². The van der Waals surface area contributed by atoms with Crippen molar-refractivity contribution in [3.8, 4) is 5.75 Å². The molecule has 21 heavy (non-hydrogen) atoms. The van der Waals surface area contributed by atoms with E-state index in [-0.39, 0.29) is 0 Å². The zero-order valence-corrected chi connectivity index (χ0v) is 12.0. The van der Waals surface area contributed by atoms with Gasteiger partial charge in [0.2, 0.25) is 0 Å². The molecule has 1 aliphatic rings. The maximum Gasteiger partial charge on any atom is 0.138 e. The van der Waals surface area contributed by atoms with E-state index in [1.807, 2.05) is 30.3 Å². The first kappa shape index (κ1) is 13.7. The zero-order valence-electron chi connectivity index (χ0n) is 12.0. The van der Waals surface area contributed by atoms with Crippen LogP contribution in [0.3, 0.4) is 0 Å². The molecule has 0 spiro atoms. The minimum absolute atomic E-state index is 0.311. The molecule has 108 valence electrons. The van der Waals surface area contributed by atoms with E-state index in [0.717, 1.165) is 29.7 Å². The van der Waals surface area contributed by atoms with Gasteiger partial charge in [-0.3, -0.25) is 10.3 Å². The number of hydroxylamine groups is 1. The maximum absolute atomic E-state index is 9.48. The molecule has 0 saturated heterocycles. The van der Waals surface area contributed by atoms with Crippen LogP contribution in [0.25, 0.3) is 0 Å². The Bertz CT molecular complexity index is 651. The van der Waals surface area contributed by atoms with Crippen LogP contribution in [0.2, 0.25) is 0 Å². The number of hydrogen-bond donors (Lipinski definition) is 2. The highest BCUT2D eigenvalue weighted by Crippen LogP contribution is 2.32. The van der Waals surface area contributed by atoms with E-state index in [1.54, 1.807) is 12.1 Å². The first-order valence-electron chi connectivity index (χ1n) is 7.15. The summed E-state index contributed by atoms with van der Waals surface area (Å²) in [7, 11) is 0. The minimum Gasteiger partial charge on any atom is -0.508 e. The van der Waals surface area contributed by atoms with E-state index >= 15 is 0 Å². The summed E-state index contributed by atoms with van der Waals surface area (Å²) in [5.74, 6) is 0.311. The monoisotopic (exact) mass is 281 g/mol. The standard InChI is InChI=1S/C18H19NO2/c1-18(15-7-3-2-4-8-15)13-16(19-21-18)11-10-14-6-5-9-17(20)12-14/h2-9,12-13,19-20H,10-11H2,1H3. The zero-order chi connectivity index (χ0) is 14.7. The quantitative estimate of drug-likeness (QED) is 0.898. The van der Waals surface area contributed by atoms with Gasteiger partial charge in [-0.15, -0.1) is 0 Å². The fraction of sp³-hybridized carbons (Fsp3) is 0.222. The van der Waals surface area contributed by atoms with Crippen molar-refractivity contribution in [1.29, 1.82) is 0 Å². The first-order chi connectivity index (χ1) is 10.2. The highest BCUT2D eigenvalue weighted by molar-refractivity contribution is 5.31. The van der Waals surface area contributed by atoms with Crippen molar-refractivity contribution >= 4 is 0 Å². The average Bonchev–Trinajstić information content (AvgIpc) is 2.89. The van der Waals surface area contributed by atoms with E-state index in [2.05, 4.69) is 30.6 Å². The predicted octanol–water partition coefficient (Wildman–Crippen LogP) is 3.66. The molecule has 2 aromatic rings. The molecule has 0 fully saturated rings. The van der Waals surface area contributed by atoms with Crippen molar-refractivity contribution in [2.75, 3.05) is 0 Å². The maximum atomic E-state index is 9.48. The predicted molar refractivity (Wildman–Crippen MR) is 82.5 cm³/mol. The molecule has 0 bridgehead atoms. The number of rotatable bonds is 4. The summed E-state index contributed by atoms with van der Waals surface area (Å²) in [6.07, 6.45) is 3.85. The summed E-state index contributed by atoms with van der Waals surface area (Å²) in [6, 6.07) is 17.5. The molecule has 0 saturated carbocycles. The van der Waals surface area contributed by atoms with Gasteiger partial charge in [-0.1, -0.05) is 42.5 Å². The Labute approximate surface area is 124 Å². The molecule has 1 heterocycles. The van der Waals surface area contributed by atoms with E-state index in [0.29, 0.717) is 5.75 Å². The second-order valence-electron chi connectivity index (χ2n) is 5.52. The largest absolute Gasteiger partial charge is 0.508 e. The molecule has 1 atom stereocenters. The molecule has 0 radical (unpaired) electrons. The number of phenolic OH excluding ortho intramolecular Hbond substituents is 1. The van der Waals surface area contributed by atoms with Crippen LogP contribution in [-0.2, 0) is 16.9 Å². The second-order valence-corrected chi connectivity index (χ2v) is 5.52. The van der Waals surface area contributed by atoms with Crippen molar-refractivity contribution in [2.45, 2.75) is 25.4 Å². The third kappa shape index (κ3) is 3.09. The van der Waals surface area contributed by atoms with Crippen molar-refractivity contribution < 1.29 is 9.94 Å². The van der Waals surface area contributed by atoms with E-state index < -0.39 is 5.60 Å². The number of allylic oxidation sites excluding steroid dienone is 1. The number of aromatic hydroxyl groups is 1. The molecule has 1 unspecified atom stereocenters. The first-order valence-corrected chi connectivity index (χ1v) is 7.15. The number of aryl methyl sites for hydroxylation is 1. The van der Waals surface area contributed by atoms with Crippen LogP contribution in [0.1, 0.15) is 24.5 Å². The Balaban J connectivity index is 1.69. The molecule has 2 aromatic carbocycles. The Hall–Kier alpha value is -2.26. The molecule has 0 aliphatic carbocycles. The third-order valence-corrected chi connectivity index (χ3v) is 3.78. The van der Waals surface area contributed by atoms with Gasteiger partial charge in [0.1, 0.15) is 11.4 Å². The number of nitrogens with one attached hydrogen (secondary N) is 1. The third-order valence-electron chi connectivity index (χ3n) is 3.78. The van der Waals surface area contributed by atoms with Crippen LogP contribution in [0.4, 0.5) is 0 Å². The average molecular weight is 281 g/mol. The number of hydrogen-bond acceptors (Lipinski definition) is 3. The Morgan fingerprint density at radius 2 is 1.86 bits per heavy atom. The van der Waals surface area contributed by atoms with Crippen molar-refractivity contribution in [3.63, 3.8) is 0 Å². The minimum atomic E-state index is -0.421. The smallest absolute Gasteiger partial charge is 0.138 e. The van der Waals surface area contributed by atoms with Gasteiger partial charge >= 0.3 is 0 Å². The SMILES string of the molecule is CC1(c2ccccc2)C=C(CCc2cccc(O)c2)NO1. The molecule has 2 N–H and O–H groups in total. The van der Waals surface area contributed by atoms with E-state index in [1.165, 1.54) is 0 Å². The number of benzene rings is 2. The normalized spacial score (nSPS) is 20.9. The van der Waals surface area contributed by atoms with Crippen LogP contribution >= 0.6 is 0 Å². The van der Waals surface area contributed by atoms with Gasteiger partial charge in [-0.05, 0) is 49.1 Å². The van der Waals surface area contributed by atoms with Gasteiger partial charge < -0.3 is 5.11 Å². The summed E-state index contributed by atoms with van der Waals surface area (Å²) < 4.78 is 0. The van der Waals surface area contributed by atoms with Crippen molar-refractivity contribution in [1.82, 2.24) is 5.48 Å². The van der Waals surface area contributed by atoms with Gasteiger partial charge in [0.25, 0.3) is 0 Å². The van der Waals surface area contributed by atoms with Gasteiger partial charge in [-0.25, -0.2) is 0 Å². The molecule has 0 amide bonds. The lowest BCUT2D eigenvalue weighted by atomic mass is 9.95. The van der Waals surface area contributed by atoms with Crippen molar-refractivity contribution in [2.24, 2.45) is 0 Å². The Kier molecular flexibility index (Phi) is 3.67. The summed E-state index contributed by atoms with van der Waals surface area (Å²) >= 11 is 0. The molecule has 1 aliphatic heterocycles. The molecule has 3 nitrogen and oxygen atoms in total. The lowest BCUT2D eigenvalue weighted by Gasteiger charge is -2.20. The van der Waals surface area contributed by atoms with Crippen LogP contribution in [0.5, 0.6) is 5.75 Å². The Morgan fingerprint density at radius 1 is 1.05 bits per heavy atom. The summed E-state index contributed by atoms with van der Waals surface area (Å²) in [5, 5.41) is 9.48. The Morgan fingerprint density at radius 3 is 2.62 bits per heavy atom. The lowest BCUT2D eigenvalue weighted by molar-refractivity contribution is -0.0321. The van der Waals surface area contributed by atoms with Crippen LogP contribution in [0.15, 0.2) is 66.4 Å². The molecule has 3 rings (SSSR count). The van der Waals surface area contributed by atoms with Gasteiger partial charge in [0, 0.05) is 5.70 Å². The second kappa shape index (κ2) is 5.62. The van der Waals surface area contributed by atoms with E-state index in [9.17, 15) is 5.11 Å². The molecule has 3 heteroatoms. The van der Waals surface area contributed by atoms with Crippen LogP contribution in [-0.4, -0.2) is 5.11 Å². The highest BCUT2D eigenvalue weighted by Gasteiger charge is 2.31. The number of phenols is 1. The van der Waals surface area contributed by atoms with Gasteiger partial charge in [0.15, 0.2) is 0 Å². The fourth-order valence-corrected chi connectivity index (χ4v) is 2.59. The fourth-order valence-electron chi connectivity index (χ4n) is 2.59. The van der Waals surface area contributed by atoms with Gasteiger partial charge in [-0.2, -0.15) is 0 Å². The summed E-state index contributed by atoms with van der Waals surface area (Å²) in [4.78, 5) is 5.76. The molecule has 0 aromatic heterocycles. The topological polar surface area (TPSA) is 41.5 Å². The van der Waals surface area contributed by atoms with Crippen LogP contribution < -0.4 is 5.48 Å². The highest BCUT2D eigenvalue weighted by atomic mass is 16.7. The van der Waals surface area contributed by atoms with Gasteiger partial charge in [0.05, 0.1) is 0 Å². The van der Waals surface area contributed by atoms with Crippen LogP contribution in [0, 0.1) is 0 Å². The lowest BCUT2D eigenvalue weighted by Crippen LogP contribution is -2.22. The molecular formula is C18H19NO2. The molecular weight excluding hydrogens is 262 g/mol. The summed E-state index contributed by atoms with van der Waals surface area (Å²) in [5.41, 5.74) is 5.93. The van der Waals surface area contributed by atoms with E-state index in [4.69, 9.17) is 4.84 Å². The summed E-state index contributed by atoms with van der Waals surface area (Å²) in [6.45, 7) is 2.05.